The van der Waals surface area contributed by atoms with Crippen LogP contribution in [0.25, 0.3) is 0 Å². The van der Waals surface area contributed by atoms with Crippen LogP contribution in [0.3, 0.4) is 0 Å². The summed E-state index contributed by atoms with van der Waals surface area (Å²) in [6.07, 6.45) is 96.6. The Morgan fingerprint density at radius 3 is 0.886 bits per heavy atom. The highest BCUT2D eigenvalue weighted by Gasteiger charge is 2.19. The van der Waals surface area contributed by atoms with E-state index >= 15 is 0 Å². The van der Waals surface area contributed by atoms with Crippen LogP contribution in [0, 0.1) is 0 Å². The number of esters is 3. The third-order valence-electron chi connectivity index (χ3n) is 12.7. The van der Waals surface area contributed by atoms with Gasteiger partial charge in [-0.3, -0.25) is 14.4 Å². The van der Waals surface area contributed by atoms with E-state index < -0.39 is 12.1 Å². The van der Waals surface area contributed by atoms with Crippen molar-refractivity contribution >= 4 is 17.9 Å². The Labute approximate surface area is 485 Å². The average Bonchev–Trinajstić information content (AvgIpc) is 3.45. The molecule has 79 heavy (non-hydrogen) atoms. The van der Waals surface area contributed by atoms with Gasteiger partial charge < -0.3 is 14.2 Å². The van der Waals surface area contributed by atoms with E-state index in [1.807, 2.05) is 6.08 Å². The fourth-order valence-electron chi connectivity index (χ4n) is 8.05. The highest BCUT2D eigenvalue weighted by Crippen LogP contribution is 2.14. The lowest BCUT2D eigenvalue weighted by Gasteiger charge is -2.18. The molecule has 6 nitrogen and oxygen atoms in total. The van der Waals surface area contributed by atoms with Gasteiger partial charge in [0.1, 0.15) is 13.2 Å². The van der Waals surface area contributed by atoms with Crippen LogP contribution in [0.5, 0.6) is 0 Å². The van der Waals surface area contributed by atoms with Crippen molar-refractivity contribution in [2.45, 2.75) is 258 Å². The molecule has 0 bridgehead atoms. The summed E-state index contributed by atoms with van der Waals surface area (Å²) >= 11 is 0. The minimum absolute atomic E-state index is 0.112. The Morgan fingerprint density at radius 1 is 0.278 bits per heavy atom. The highest BCUT2D eigenvalue weighted by atomic mass is 16.6. The zero-order chi connectivity index (χ0) is 57.1. The summed E-state index contributed by atoms with van der Waals surface area (Å²) in [6.45, 7) is 6.28. The Kier molecular flexibility index (Phi) is 61.0. The Morgan fingerprint density at radius 2 is 0.544 bits per heavy atom. The second-order valence-electron chi connectivity index (χ2n) is 20.2. The molecule has 0 rings (SSSR count). The minimum atomic E-state index is -0.844. The van der Waals surface area contributed by atoms with Gasteiger partial charge in [-0.15, -0.1) is 0 Å². The zero-order valence-corrected chi connectivity index (χ0v) is 50.6. The predicted molar refractivity (Wildman–Crippen MR) is 343 cm³/mol. The smallest absolute Gasteiger partial charge is 0.309 e. The molecule has 0 saturated heterocycles. The van der Waals surface area contributed by atoms with Gasteiger partial charge in [0.15, 0.2) is 6.10 Å². The molecule has 0 N–H and O–H groups in total. The number of carbonyl (C=O) groups is 3. The summed E-state index contributed by atoms with van der Waals surface area (Å²) in [5.41, 5.74) is 0. The van der Waals surface area contributed by atoms with Crippen molar-refractivity contribution in [2.75, 3.05) is 13.2 Å². The molecule has 0 aliphatic rings. The lowest BCUT2D eigenvalue weighted by Crippen LogP contribution is -2.30. The van der Waals surface area contributed by atoms with Crippen molar-refractivity contribution < 1.29 is 28.6 Å². The maximum atomic E-state index is 12.9. The van der Waals surface area contributed by atoms with E-state index in [1.54, 1.807) is 6.08 Å². The molecule has 0 aromatic rings. The van der Waals surface area contributed by atoms with Gasteiger partial charge in [-0.2, -0.15) is 0 Å². The lowest BCUT2D eigenvalue weighted by molar-refractivity contribution is -0.166. The van der Waals surface area contributed by atoms with Gasteiger partial charge in [0.2, 0.25) is 0 Å². The quantitative estimate of drug-likeness (QED) is 0.0261. The first-order valence-corrected chi connectivity index (χ1v) is 31.6. The van der Waals surface area contributed by atoms with E-state index in [2.05, 4.69) is 179 Å². The second-order valence-corrected chi connectivity index (χ2v) is 20.2. The van der Waals surface area contributed by atoms with Crippen LogP contribution in [0.15, 0.2) is 170 Å². The Balaban J connectivity index is 4.55. The van der Waals surface area contributed by atoms with Crippen molar-refractivity contribution in [1.82, 2.24) is 0 Å². The molecule has 0 aromatic carbocycles. The molecule has 0 aliphatic carbocycles. The zero-order valence-electron chi connectivity index (χ0n) is 50.6. The molecular weight excluding hydrogens is 973 g/mol. The number of rotatable bonds is 55. The summed E-state index contributed by atoms with van der Waals surface area (Å²) in [4.78, 5) is 38.3. The van der Waals surface area contributed by atoms with Gasteiger partial charge in [0.25, 0.3) is 0 Å². The number of ether oxygens (including phenoxy) is 3. The number of unbranched alkanes of at least 4 members (excludes halogenated alkanes) is 17. The Hall–Kier alpha value is -5.23. The molecule has 0 amide bonds. The molecule has 1 atom stereocenters. The first-order valence-electron chi connectivity index (χ1n) is 31.6. The monoisotopic (exact) mass is 1090 g/mol. The normalized spacial score (nSPS) is 13.3. The van der Waals surface area contributed by atoms with Gasteiger partial charge >= 0.3 is 17.9 Å². The standard InChI is InChI=1S/C73H114O6/c1-4-7-10-13-16-19-22-25-28-30-32-34-36-38-40-42-45-48-51-54-57-60-63-66-72(75)78-69-70(68-77-71(74)65-62-59-56-53-50-47-44-27-24-21-18-15-12-9-6-3)79-73(76)67-64-61-58-55-52-49-46-43-41-39-37-35-33-31-29-26-23-20-17-14-11-8-5-2/h7,9-10,12,16,18-19,21,23,25-28,31-34,37-40,44-45,48,50,53,59,62,70H,4-6,8,11,13-15,17,20,22,24,29-30,35-36,41-43,46-47,49,51-52,54-58,60-61,63-69H2,1-3H3/b10-7-,12-9-,19-16-,21-18-,26-23-,28-25-,33-31-,34-32-,39-37-,40-38-,44-27-,48-45-,53-50-,62-59-. The molecule has 0 heterocycles. The van der Waals surface area contributed by atoms with E-state index in [1.165, 1.54) is 70.6 Å². The highest BCUT2D eigenvalue weighted by molar-refractivity contribution is 5.72. The van der Waals surface area contributed by atoms with E-state index in [4.69, 9.17) is 14.2 Å². The fraction of sp³-hybridized carbons (Fsp3) is 0.575. The van der Waals surface area contributed by atoms with E-state index in [0.717, 1.165) is 141 Å². The number of allylic oxidation sites excluding steroid dienone is 27. The van der Waals surface area contributed by atoms with Crippen molar-refractivity contribution in [2.24, 2.45) is 0 Å². The van der Waals surface area contributed by atoms with Gasteiger partial charge in [-0.25, -0.2) is 0 Å². The van der Waals surface area contributed by atoms with Crippen molar-refractivity contribution in [1.29, 1.82) is 0 Å². The summed E-state index contributed by atoms with van der Waals surface area (Å²) in [7, 11) is 0. The van der Waals surface area contributed by atoms with E-state index in [-0.39, 0.29) is 38.0 Å². The molecule has 442 valence electrons. The molecule has 6 heteroatoms. The van der Waals surface area contributed by atoms with Crippen LogP contribution >= 0.6 is 0 Å². The second kappa shape index (κ2) is 65.3. The van der Waals surface area contributed by atoms with Crippen LogP contribution in [0.4, 0.5) is 0 Å². The molecular formula is C73H114O6. The maximum Gasteiger partial charge on any atom is 0.309 e. The summed E-state index contributed by atoms with van der Waals surface area (Å²) < 4.78 is 16.8. The molecule has 1 unspecified atom stereocenters. The van der Waals surface area contributed by atoms with Crippen LogP contribution in [-0.4, -0.2) is 37.2 Å². The van der Waals surface area contributed by atoms with Gasteiger partial charge in [0, 0.05) is 12.8 Å². The minimum Gasteiger partial charge on any atom is -0.462 e. The third-order valence-corrected chi connectivity index (χ3v) is 12.7. The number of carbonyl (C=O) groups excluding carboxylic acids is 3. The fourth-order valence-corrected chi connectivity index (χ4v) is 8.05. The summed E-state index contributed by atoms with van der Waals surface area (Å²) in [6, 6.07) is 0. The topological polar surface area (TPSA) is 78.9 Å². The molecule has 0 fully saturated rings. The lowest BCUT2D eigenvalue weighted by atomic mass is 10.1. The molecule has 0 radical (unpaired) electrons. The van der Waals surface area contributed by atoms with Crippen LogP contribution < -0.4 is 0 Å². The molecule has 0 aromatic heterocycles. The van der Waals surface area contributed by atoms with Crippen LogP contribution in [-0.2, 0) is 28.6 Å². The molecule has 0 saturated carbocycles. The summed E-state index contributed by atoms with van der Waals surface area (Å²) in [5, 5.41) is 0. The SMILES string of the molecule is CC/C=C\C/C=C\C/C=C\C/C=C\C/C=C\C/C=C\CCCCCCC(=O)OCC(COC(=O)C/C=C\C/C=C\C/C=C\C/C=C\C/C=C\CC)OC(=O)CCCCCCCCCC/C=C\C/C=C\C/C=C\CCCCCCC. The predicted octanol–water partition coefficient (Wildman–Crippen LogP) is 21.9. The van der Waals surface area contributed by atoms with Crippen LogP contribution in [0.1, 0.15) is 252 Å². The van der Waals surface area contributed by atoms with Gasteiger partial charge in [-0.1, -0.05) is 268 Å². The van der Waals surface area contributed by atoms with Crippen molar-refractivity contribution in [3.05, 3.63) is 170 Å². The van der Waals surface area contributed by atoms with Gasteiger partial charge in [0.05, 0.1) is 6.42 Å². The van der Waals surface area contributed by atoms with Gasteiger partial charge in [-0.05, 0) is 135 Å². The largest absolute Gasteiger partial charge is 0.462 e. The van der Waals surface area contributed by atoms with Crippen molar-refractivity contribution in [3.8, 4) is 0 Å². The number of hydrogen-bond acceptors (Lipinski definition) is 6. The van der Waals surface area contributed by atoms with Crippen LogP contribution in [0.2, 0.25) is 0 Å². The average molecular weight is 1090 g/mol. The maximum absolute atomic E-state index is 12.9. The summed E-state index contributed by atoms with van der Waals surface area (Å²) in [5.74, 6) is -1.10. The first-order chi connectivity index (χ1) is 39.0. The Bertz CT molecular complexity index is 1820. The van der Waals surface area contributed by atoms with E-state index in [0.29, 0.717) is 6.42 Å². The van der Waals surface area contributed by atoms with Crippen molar-refractivity contribution in [3.63, 3.8) is 0 Å². The number of hydrogen-bond donors (Lipinski definition) is 0. The first kappa shape index (κ1) is 73.8. The third kappa shape index (κ3) is 63.5. The molecule has 0 spiro atoms. The molecule has 0 aliphatic heterocycles. The van der Waals surface area contributed by atoms with E-state index in [9.17, 15) is 14.4 Å².